The maximum absolute atomic E-state index is 3.62. The molecule has 2 aromatic rings. The molecule has 0 unspecified atom stereocenters. The summed E-state index contributed by atoms with van der Waals surface area (Å²) in [5.41, 5.74) is 13.9. The van der Waals surface area contributed by atoms with Gasteiger partial charge in [-0.25, -0.2) is 0 Å². The Labute approximate surface area is 204 Å². The number of rotatable bonds is 8. The molecule has 0 heterocycles. The summed E-state index contributed by atoms with van der Waals surface area (Å²) in [5.74, 6) is 0. The fourth-order valence-electron chi connectivity index (χ4n) is 4.03. The van der Waals surface area contributed by atoms with E-state index in [1.165, 1.54) is 55.9 Å². The van der Waals surface area contributed by atoms with Crippen LogP contribution in [-0.4, -0.2) is 40.3 Å². The fraction of sp³-hybridized carbons (Fsp3) is 0.538. The standard InChI is InChI=1S/C26H41N3.Zr/c1-17-15-25(23(7)21(5)19(17)3)28(9)13-11-27-12-14-29(10)26-16-18(2)20(4)22(6)24(26)8;/h15-16,27H,11-14H2,1-10H3;. The predicted molar refractivity (Wildman–Crippen MR) is 130 cm³/mol. The van der Waals surface area contributed by atoms with E-state index in [4.69, 9.17) is 0 Å². The molecule has 0 fully saturated rings. The Balaban J connectivity index is 0.00000450. The van der Waals surface area contributed by atoms with E-state index in [1.54, 1.807) is 0 Å². The Hall–Kier alpha value is -1.12. The normalized spacial score (nSPS) is 10.7. The van der Waals surface area contributed by atoms with Crippen LogP contribution in [0.1, 0.15) is 44.5 Å². The summed E-state index contributed by atoms with van der Waals surface area (Å²) < 4.78 is 0. The van der Waals surface area contributed by atoms with Crippen molar-refractivity contribution in [1.29, 1.82) is 0 Å². The molecule has 0 saturated heterocycles. The van der Waals surface area contributed by atoms with Gasteiger partial charge in [-0.3, -0.25) is 0 Å². The Kier molecular flexibility index (Phi) is 10.3. The van der Waals surface area contributed by atoms with Gasteiger partial charge in [0.1, 0.15) is 0 Å². The molecule has 0 aromatic heterocycles. The zero-order valence-electron chi connectivity index (χ0n) is 20.9. The van der Waals surface area contributed by atoms with Crippen LogP contribution in [0.15, 0.2) is 12.1 Å². The third kappa shape index (κ3) is 5.98. The molecule has 30 heavy (non-hydrogen) atoms. The van der Waals surface area contributed by atoms with Crippen LogP contribution in [0.25, 0.3) is 0 Å². The minimum Gasteiger partial charge on any atom is -0.373 e. The first-order valence-electron chi connectivity index (χ1n) is 10.8. The van der Waals surface area contributed by atoms with Crippen LogP contribution in [0, 0.1) is 55.4 Å². The number of hydrogen-bond acceptors (Lipinski definition) is 3. The number of aryl methyl sites for hydroxylation is 2. The Bertz CT molecular complexity index is 802. The van der Waals surface area contributed by atoms with Gasteiger partial charge in [0.15, 0.2) is 0 Å². The van der Waals surface area contributed by atoms with Gasteiger partial charge in [-0.05, 0) is 112 Å². The van der Waals surface area contributed by atoms with Gasteiger partial charge in [0.2, 0.25) is 0 Å². The van der Waals surface area contributed by atoms with Crippen LogP contribution in [0.3, 0.4) is 0 Å². The molecule has 0 radical (unpaired) electrons. The average molecular weight is 487 g/mol. The van der Waals surface area contributed by atoms with E-state index in [0.717, 1.165) is 26.2 Å². The van der Waals surface area contributed by atoms with Crippen LogP contribution >= 0.6 is 0 Å². The van der Waals surface area contributed by atoms with Crippen LogP contribution in [0.4, 0.5) is 11.4 Å². The third-order valence-corrected chi connectivity index (χ3v) is 6.98. The second-order valence-corrected chi connectivity index (χ2v) is 8.77. The maximum atomic E-state index is 3.62. The van der Waals surface area contributed by atoms with Crippen molar-refractivity contribution < 1.29 is 26.2 Å². The van der Waals surface area contributed by atoms with E-state index < -0.39 is 0 Å². The van der Waals surface area contributed by atoms with E-state index in [-0.39, 0.29) is 26.2 Å². The first-order chi connectivity index (χ1) is 13.6. The first kappa shape index (κ1) is 26.9. The molecular formula is C26H41N3Zr. The molecular weight excluding hydrogens is 446 g/mol. The summed E-state index contributed by atoms with van der Waals surface area (Å²) in [6.07, 6.45) is 0. The molecule has 2 rings (SSSR count). The second kappa shape index (κ2) is 11.5. The Morgan fingerprint density at radius 3 is 1.23 bits per heavy atom. The molecule has 0 aliphatic heterocycles. The van der Waals surface area contributed by atoms with Gasteiger partial charge in [0.05, 0.1) is 0 Å². The molecule has 2 aromatic carbocycles. The van der Waals surface area contributed by atoms with E-state index in [1.807, 2.05) is 0 Å². The molecule has 0 aliphatic rings. The Morgan fingerprint density at radius 1 is 0.567 bits per heavy atom. The summed E-state index contributed by atoms with van der Waals surface area (Å²) in [7, 11) is 4.40. The minimum absolute atomic E-state index is 0. The number of benzene rings is 2. The first-order valence-corrected chi connectivity index (χ1v) is 10.8. The van der Waals surface area contributed by atoms with E-state index in [2.05, 4.69) is 96.7 Å². The molecule has 0 aliphatic carbocycles. The van der Waals surface area contributed by atoms with Gasteiger partial charge in [-0.15, -0.1) is 0 Å². The topological polar surface area (TPSA) is 18.5 Å². The zero-order chi connectivity index (χ0) is 21.9. The minimum atomic E-state index is 0. The van der Waals surface area contributed by atoms with Gasteiger partial charge >= 0.3 is 0 Å². The van der Waals surface area contributed by atoms with Crippen molar-refractivity contribution in [1.82, 2.24) is 5.32 Å². The van der Waals surface area contributed by atoms with Crippen LogP contribution in [0.5, 0.6) is 0 Å². The molecule has 0 bridgehead atoms. The van der Waals surface area contributed by atoms with Crippen molar-refractivity contribution in [2.75, 3.05) is 50.1 Å². The quantitative estimate of drug-likeness (QED) is 0.510. The molecule has 0 spiro atoms. The predicted octanol–water partition coefficient (Wildman–Crippen LogP) is 5.31. The number of nitrogens with zero attached hydrogens (tertiary/aromatic N) is 2. The van der Waals surface area contributed by atoms with Crippen molar-refractivity contribution in [3.05, 3.63) is 56.6 Å². The fourth-order valence-corrected chi connectivity index (χ4v) is 4.03. The number of likely N-dealkylation sites (N-methyl/N-ethyl adjacent to an activating group) is 2. The summed E-state index contributed by atoms with van der Waals surface area (Å²) in [6, 6.07) is 4.66. The summed E-state index contributed by atoms with van der Waals surface area (Å²) in [4.78, 5) is 4.75. The number of nitrogens with one attached hydrogen (secondary N) is 1. The molecule has 1 N–H and O–H groups in total. The van der Waals surface area contributed by atoms with Crippen molar-refractivity contribution in [2.45, 2.75) is 55.4 Å². The summed E-state index contributed by atoms with van der Waals surface area (Å²) >= 11 is 0. The second-order valence-electron chi connectivity index (χ2n) is 8.77. The van der Waals surface area contributed by atoms with Crippen LogP contribution in [-0.2, 0) is 26.2 Å². The number of hydrogen-bond donors (Lipinski definition) is 1. The monoisotopic (exact) mass is 485 g/mol. The molecule has 3 nitrogen and oxygen atoms in total. The molecule has 0 amide bonds. The average Bonchev–Trinajstić information content (AvgIpc) is 2.69. The molecule has 0 saturated carbocycles. The van der Waals surface area contributed by atoms with Crippen molar-refractivity contribution in [3.8, 4) is 0 Å². The van der Waals surface area contributed by atoms with E-state index >= 15 is 0 Å². The molecule has 4 heteroatoms. The van der Waals surface area contributed by atoms with Crippen molar-refractivity contribution in [2.24, 2.45) is 0 Å². The maximum Gasteiger partial charge on any atom is 0.0399 e. The van der Waals surface area contributed by atoms with Gasteiger partial charge in [0.25, 0.3) is 0 Å². The molecule has 0 atom stereocenters. The van der Waals surface area contributed by atoms with Crippen molar-refractivity contribution in [3.63, 3.8) is 0 Å². The third-order valence-electron chi connectivity index (χ3n) is 6.98. The summed E-state index contributed by atoms with van der Waals surface area (Å²) in [6.45, 7) is 21.8. The van der Waals surface area contributed by atoms with Gasteiger partial charge < -0.3 is 15.1 Å². The van der Waals surface area contributed by atoms with Crippen LogP contribution in [0.2, 0.25) is 0 Å². The van der Waals surface area contributed by atoms with E-state index in [9.17, 15) is 0 Å². The van der Waals surface area contributed by atoms with Gasteiger partial charge in [-0.2, -0.15) is 0 Å². The SMILES string of the molecule is Cc1cc(N(C)CCNCCN(C)c2cc(C)c(C)c(C)c2C)c(C)c(C)c1C.[Zr]. The summed E-state index contributed by atoms with van der Waals surface area (Å²) in [5, 5.41) is 3.62. The van der Waals surface area contributed by atoms with E-state index in [0.29, 0.717) is 0 Å². The smallest absolute Gasteiger partial charge is 0.0399 e. The van der Waals surface area contributed by atoms with Crippen LogP contribution < -0.4 is 15.1 Å². The largest absolute Gasteiger partial charge is 0.373 e. The van der Waals surface area contributed by atoms with Gasteiger partial charge in [-0.1, -0.05) is 0 Å². The van der Waals surface area contributed by atoms with Gasteiger partial charge in [0, 0.05) is 77.9 Å². The van der Waals surface area contributed by atoms with Crippen molar-refractivity contribution >= 4 is 11.4 Å². The molecule has 164 valence electrons. The zero-order valence-corrected chi connectivity index (χ0v) is 23.3. The Morgan fingerprint density at radius 2 is 0.900 bits per heavy atom. The number of anilines is 2.